The third-order valence-electron chi connectivity index (χ3n) is 3.64. The molecular formula is C19H23ClN2O3. The Morgan fingerprint density at radius 3 is 2.20 bits per heavy atom. The summed E-state index contributed by atoms with van der Waals surface area (Å²) in [5, 5.41) is 2.99. The Labute approximate surface area is 154 Å². The maximum Gasteiger partial charge on any atom is 0.260 e. The van der Waals surface area contributed by atoms with Crippen molar-refractivity contribution in [1.29, 1.82) is 0 Å². The quantitative estimate of drug-likeness (QED) is 0.732. The van der Waals surface area contributed by atoms with E-state index in [1.807, 2.05) is 25.2 Å². The predicted molar refractivity (Wildman–Crippen MR) is 101 cm³/mol. The fraction of sp³-hybridized carbons (Fsp3) is 0.263. The highest BCUT2D eigenvalue weighted by atomic mass is 35.5. The Kier molecular flexibility index (Phi) is 8.67. The van der Waals surface area contributed by atoms with Crippen LogP contribution in [0.15, 0.2) is 54.6 Å². The second-order valence-electron chi connectivity index (χ2n) is 5.43. The first-order valence-electron chi connectivity index (χ1n) is 7.83. The summed E-state index contributed by atoms with van der Waals surface area (Å²) in [5.41, 5.74) is 1.23. The molecule has 0 aliphatic carbocycles. The number of nitrogens with zero attached hydrogens (tertiary/aromatic N) is 1. The van der Waals surface area contributed by atoms with Crippen molar-refractivity contribution in [2.75, 3.05) is 33.8 Å². The standard InChI is InChI=1S/C19H22N2O3.ClH/c1-20-12-13-21(2)18(22)14-24-17-10-8-16(9-11-17)19(23)15-6-4-3-5-7-15;/h3-11,20H,12-14H2,1-2H3;1H. The summed E-state index contributed by atoms with van der Waals surface area (Å²) in [6, 6.07) is 15.9. The largest absolute Gasteiger partial charge is 0.484 e. The zero-order valence-corrected chi connectivity index (χ0v) is 15.2. The van der Waals surface area contributed by atoms with E-state index in [1.165, 1.54) is 0 Å². The van der Waals surface area contributed by atoms with Gasteiger partial charge in [0.05, 0.1) is 0 Å². The van der Waals surface area contributed by atoms with Gasteiger partial charge in [-0.1, -0.05) is 30.3 Å². The Balaban J connectivity index is 0.00000312. The van der Waals surface area contributed by atoms with Gasteiger partial charge in [0.1, 0.15) is 5.75 Å². The summed E-state index contributed by atoms with van der Waals surface area (Å²) < 4.78 is 5.49. The third-order valence-corrected chi connectivity index (χ3v) is 3.64. The van der Waals surface area contributed by atoms with Crippen molar-refractivity contribution in [2.24, 2.45) is 0 Å². The summed E-state index contributed by atoms with van der Waals surface area (Å²) in [7, 11) is 3.58. The summed E-state index contributed by atoms with van der Waals surface area (Å²) in [6.45, 7) is 1.34. The van der Waals surface area contributed by atoms with Crippen molar-refractivity contribution in [3.8, 4) is 5.75 Å². The molecule has 0 saturated heterocycles. The van der Waals surface area contributed by atoms with Crippen molar-refractivity contribution < 1.29 is 14.3 Å². The molecule has 0 fully saturated rings. The van der Waals surface area contributed by atoms with Gasteiger partial charge in [0.2, 0.25) is 0 Å². The lowest BCUT2D eigenvalue weighted by Gasteiger charge is -2.17. The van der Waals surface area contributed by atoms with E-state index in [0.29, 0.717) is 23.4 Å². The number of benzene rings is 2. The molecule has 0 aliphatic rings. The molecule has 134 valence electrons. The molecule has 0 atom stereocenters. The highest BCUT2D eigenvalue weighted by Crippen LogP contribution is 2.15. The number of halogens is 1. The van der Waals surface area contributed by atoms with Crippen molar-refractivity contribution >= 4 is 24.1 Å². The Morgan fingerprint density at radius 1 is 1.00 bits per heavy atom. The molecule has 0 heterocycles. The molecule has 0 saturated carbocycles. The Morgan fingerprint density at radius 2 is 1.60 bits per heavy atom. The van der Waals surface area contributed by atoms with E-state index in [4.69, 9.17) is 4.74 Å². The van der Waals surface area contributed by atoms with E-state index >= 15 is 0 Å². The van der Waals surface area contributed by atoms with Crippen LogP contribution in [0.4, 0.5) is 0 Å². The lowest BCUT2D eigenvalue weighted by Crippen LogP contribution is -2.35. The van der Waals surface area contributed by atoms with Crippen LogP contribution in [0, 0.1) is 0 Å². The fourth-order valence-electron chi connectivity index (χ4n) is 2.12. The van der Waals surface area contributed by atoms with Gasteiger partial charge < -0.3 is 15.0 Å². The number of ketones is 1. The minimum atomic E-state index is -0.0883. The highest BCUT2D eigenvalue weighted by Gasteiger charge is 2.10. The molecule has 2 aromatic rings. The molecule has 0 aromatic heterocycles. The summed E-state index contributed by atoms with van der Waals surface area (Å²) in [4.78, 5) is 25.8. The molecule has 1 amide bonds. The zero-order valence-electron chi connectivity index (χ0n) is 14.4. The molecule has 2 aromatic carbocycles. The zero-order chi connectivity index (χ0) is 17.4. The molecule has 0 spiro atoms. The number of hydrogen-bond acceptors (Lipinski definition) is 4. The predicted octanol–water partition coefficient (Wildman–Crippen LogP) is 2.40. The molecule has 6 heteroatoms. The van der Waals surface area contributed by atoms with Crippen LogP contribution < -0.4 is 10.1 Å². The van der Waals surface area contributed by atoms with Gasteiger partial charge in [-0.25, -0.2) is 0 Å². The van der Waals surface area contributed by atoms with E-state index in [-0.39, 0.29) is 30.7 Å². The summed E-state index contributed by atoms with van der Waals surface area (Å²) >= 11 is 0. The van der Waals surface area contributed by atoms with Crippen molar-refractivity contribution in [3.05, 3.63) is 65.7 Å². The number of ether oxygens (including phenoxy) is 1. The first kappa shape index (κ1) is 20.7. The lowest BCUT2D eigenvalue weighted by atomic mass is 10.0. The van der Waals surface area contributed by atoms with E-state index in [0.717, 1.165) is 6.54 Å². The number of amides is 1. The number of carbonyl (C=O) groups excluding carboxylic acids is 2. The van der Waals surface area contributed by atoms with Crippen LogP contribution in [-0.4, -0.2) is 50.4 Å². The first-order valence-corrected chi connectivity index (χ1v) is 7.83. The molecule has 0 radical (unpaired) electrons. The van der Waals surface area contributed by atoms with Crippen LogP contribution in [0.3, 0.4) is 0 Å². The SMILES string of the molecule is CNCCN(C)C(=O)COc1ccc(C(=O)c2ccccc2)cc1.Cl. The number of nitrogens with one attached hydrogen (secondary N) is 1. The Hall–Kier alpha value is -2.37. The third kappa shape index (κ3) is 6.21. The van der Waals surface area contributed by atoms with Crippen LogP contribution in [0.2, 0.25) is 0 Å². The maximum atomic E-state index is 12.3. The van der Waals surface area contributed by atoms with E-state index in [1.54, 1.807) is 48.3 Å². The number of rotatable bonds is 8. The van der Waals surface area contributed by atoms with Gasteiger partial charge in [-0.3, -0.25) is 9.59 Å². The van der Waals surface area contributed by atoms with Gasteiger partial charge in [-0.05, 0) is 31.3 Å². The van der Waals surface area contributed by atoms with Gasteiger partial charge in [0.25, 0.3) is 5.91 Å². The lowest BCUT2D eigenvalue weighted by molar-refractivity contribution is -0.131. The van der Waals surface area contributed by atoms with Gasteiger partial charge in [-0.2, -0.15) is 0 Å². The number of likely N-dealkylation sites (N-methyl/N-ethyl adjacent to an activating group) is 2. The molecule has 0 unspecified atom stereocenters. The van der Waals surface area contributed by atoms with E-state index < -0.39 is 0 Å². The van der Waals surface area contributed by atoms with Crippen molar-refractivity contribution in [1.82, 2.24) is 10.2 Å². The van der Waals surface area contributed by atoms with Crippen LogP contribution in [0.1, 0.15) is 15.9 Å². The second kappa shape index (κ2) is 10.5. The molecule has 1 N–H and O–H groups in total. The van der Waals surface area contributed by atoms with Crippen LogP contribution in [-0.2, 0) is 4.79 Å². The molecule has 5 nitrogen and oxygen atoms in total. The van der Waals surface area contributed by atoms with Gasteiger partial charge in [0, 0.05) is 31.3 Å². The molecule has 2 rings (SSSR count). The van der Waals surface area contributed by atoms with Gasteiger partial charge >= 0.3 is 0 Å². The van der Waals surface area contributed by atoms with Crippen molar-refractivity contribution in [3.63, 3.8) is 0 Å². The average molecular weight is 363 g/mol. The first-order chi connectivity index (χ1) is 11.6. The topological polar surface area (TPSA) is 58.6 Å². The fourth-order valence-corrected chi connectivity index (χ4v) is 2.12. The maximum absolute atomic E-state index is 12.3. The van der Waals surface area contributed by atoms with Gasteiger partial charge in [-0.15, -0.1) is 12.4 Å². The average Bonchev–Trinajstić information content (AvgIpc) is 2.64. The summed E-state index contributed by atoms with van der Waals surface area (Å²) in [6.07, 6.45) is 0. The van der Waals surface area contributed by atoms with Crippen LogP contribution in [0.5, 0.6) is 5.75 Å². The molecular weight excluding hydrogens is 340 g/mol. The number of carbonyl (C=O) groups is 2. The van der Waals surface area contributed by atoms with Crippen LogP contribution in [0.25, 0.3) is 0 Å². The minimum Gasteiger partial charge on any atom is -0.484 e. The molecule has 0 aliphatic heterocycles. The highest BCUT2D eigenvalue weighted by molar-refractivity contribution is 6.08. The van der Waals surface area contributed by atoms with E-state index in [2.05, 4.69) is 5.32 Å². The number of hydrogen-bond donors (Lipinski definition) is 1. The normalized spacial score (nSPS) is 9.84. The molecule has 25 heavy (non-hydrogen) atoms. The smallest absolute Gasteiger partial charge is 0.260 e. The second-order valence-corrected chi connectivity index (χ2v) is 5.43. The van der Waals surface area contributed by atoms with Gasteiger partial charge in [0.15, 0.2) is 12.4 Å². The van der Waals surface area contributed by atoms with Crippen LogP contribution >= 0.6 is 12.4 Å². The van der Waals surface area contributed by atoms with E-state index in [9.17, 15) is 9.59 Å². The minimum absolute atomic E-state index is 0. The Bertz CT molecular complexity index is 675. The summed E-state index contributed by atoms with van der Waals surface area (Å²) in [5.74, 6) is 0.440. The monoisotopic (exact) mass is 362 g/mol. The molecule has 0 bridgehead atoms. The van der Waals surface area contributed by atoms with Crippen molar-refractivity contribution in [2.45, 2.75) is 0 Å².